The molecule has 0 saturated carbocycles. The van der Waals surface area contributed by atoms with Gasteiger partial charge in [-0.15, -0.1) is 0 Å². The van der Waals surface area contributed by atoms with Crippen molar-refractivity contribution in [2.24, 2.45) is 7.05 Å². The first-order chi connectivity index (χ1) is 14.5. The van der Waals surface area contributed by atoms with E-state index in [0.717, 1.165) is 36.3 Å². The molecule has 1 fully saturated rings. The van der Waals surface area contributed by atoms with Gasteiger partial charge in [0, 0.05) is 25.7 Å². The molecule has 2 aromatic heterocycles. The summed E-state index contributed by atoms with van der Waals surface area (Å²) < 4.78 is 13.0. The van der Waals surface area contributed by atoms with Gasteiger partial charge in [-0.1, -0.05) is 17.3 Å². The second-order valence-corrected chi connectivity index (χ2v) is 7.77. The maximum atomic E-state index is 13.1. The molecule has 3 aromatic rings. The molecule has 1 atom stereocenters. The number of nitrogens with zero attached hydrogens (tertiary/aromatic N) is 5. The van der Waals surface area contributed by atoms with Crippen LogP contribution < -0.4 is 4.74 Å². The van der Waals surface area contributed by atoms with Crippen LogP contribution in [0.1, 0.15) is 58.8 Å². The van der Waals surface area contributed by atoms with E-state index in [0.29, 0.717) is 37.0 Å². The van der Waals surface area contributed by atoms with E-state index in [4.69, 9.17) is 9.26 Å². The van der Waals surface area contributed by atoms with Crippen molar-refractivity contribution in [3.8, 4) is 5.75 Å². The van der Waals surface area contributed by atoms with Gasteiger partial charge in [0.2, 0.25) is 5.89 Å². The number of rotatable bonds is 6. The first-order valence-electron chi connectivity index (χ1n) is 10.3. The van der Waals surface area contributed by atoms with Crippen molar-refractivity contribution in [3.05, 3.63) is 59.0 Å². The zero-order chi connectivity index (χ0) is 21.1. The maximum Gasteiger partial charge on any atom is 0.275 e. The average molecular weight is 409 g/mol. The minimum absolute atomic E-state index is 0.0917. The smallest absolute Gasteiger partial charge is 0.275 e. The fraction of sp³-hybridized carbons (Fsp3) is 0.455. The van der Waals surface area contributed by atoms with E-state index in [1.54, 1.807) is 4.68 Å². The lowest BCUT2D eigenvalue weighted by Gasteiger charge is -2.32. The maximum absolute atomic E-state index is 13.1. The summed E-state index contributed by atoms with van der Waals surface area (Å²) in [4.78, 5) is 19.4. The van der Waals surface area contributed by atoms with Crippen LogP contribution in [0.15, 0.2) is 34.9 Å². The van der Waals surface area contributed by atoms with E-state index in [-0.39, 0.29) is 11.9 Å². The number of likely N-dealkylation sites (tertiary alicyclic amines) is 1. The Balaban J connectivity index is 1.42. The zero-order valence-corrected chi connectivity index (χ0v) is 17.7. The lowest BCUT2D eigenvalue weighted by atomic mass is 10.0. The highest BCUT2D eigenvalue weighted by Crippen LogP contribution is 2.31. The average Bonchev–Trinajstić information content (AvgIpc) is 3.34. The monoisotopic (exact) mass is 409 g/mol. The quantitative estimate of drug-likeness (QED) is 0.620. The number of aromatic nitrogens is 4. The molecule has 4 rings (SSSR count). The van der Waals surface area contributed by atoms with E-state index in [2.05, 4.69) is 15.2 Å². The zero-order valence-electron chi connectivity index (χ0n) is 17.7. The minimum atomic E-state index is -0.215. The van der Waals surface area contributed by atoms with Gasteiger partial charge in [0.25, 0.3) is 5.91 Å². The number of piperidine rings is 1. The molecule has 1 aliphatic rings. The molecule has 1 amide bonds. The van der Waals surface area contributed by atoms with Crippen molar-refractivity contribution in [2.45, 2.75) is 45.6 Å². The van der Waals surface area contributed by atoms with Crippen LogP contribution in [0.3, 0.4) is 0 Å². The molecule has 0 spiro atoms. The molecule has 8 nitrogen and oxygen atoms in total. The highest BCUT2D eigenvalue weighted by molar-refractivity contribution is 5.92. The van der Waals surface area contributed by atoms with Crippen LogP contribution in [-0.4, -0.2) is 43.9 Å². The Bertz CT molecular complexity index is 1010. The van der Waals surface area contributed by atoms with E-state index in [1.807, 2.05) is 56.1 Å². The van der Waals surface area contributed by atoms with Crippen LogP contribution in [0, 0.1) is 13.8 Å². The molecule has 1 aromatic carbocycles. The number of aryl methyl sites for hydroxylation is 3. The van der Waals surface area contributed by atoms with Gasteiger partial charge in [0.05, 0.1) is 6.61 Å². The Morgan fingerprint density at radius 3 is 2.90 bits per heavy atom. The number of ether oxygens (including phenoxy) is 1. The molecule has 0 radical (unpaired) electrons. The number of carbonyl (C=O) groups excluding carboxylic acids is 1. The van der Waals surface area contributed by atoms with Crippen molar-refractivity contribution < 1.29 is 14.1 Å². The number of carbonyl (C=O) groups is 1. The van der Waals surface area contributed by atoms with Crippen LogP contribution in [0.5, 0.6) is 5.75 Å². The lowest BCUT2D eigenvalue weighted by Crippen LogP contribution is -2.39. The molecule has 30 heavy (non-hydrogen) atoms. The van der Waals surface area contributed by atoms with Gasteiger partial charge < -0.3 is 14.2 Å². The van der Waals surface area contributed by atoms with Crippen molar-refractivity contribution in [2.75, 3.05) is 13.2 Å². The summed E-state index contributed by atoms with van der Waals surface area (Å²) in [6, 6.07) is 9.52. The first-order valence-corrected chi connectivity index (χ1v) is 10.3. The molecule has 1 unspecified atom stereocenters. The van der Waals surface area contributed by atoms with Crippen LogP contribution >= 0.6 is 0 Å². The van der Waals surface area contributed by atoms with Crippen molar-refractivity contribution in [3.63, 3.8) is 0 Å². The number of hydrogen-bond donors (Lipinski definition) is 0. The third-order valence-electron chi connectivity index (χ3n) is 5.45. The highest BCUT2D eigenvalue weighted by Gasteiger charge is 2.33. The van der Waals surface area contributed by atoms with Gasteiger partial charge in [-0.25, -0.2) is 0 Å². The molecule has 8 heteroatoms. The standard InChI is InChI=1S/C22H27N5O3/c1-15-7-6-8-17(13-15)29-12-10-20-23-21(30-25-20)19-9-4-5-11-27(19)22(28)18-14-16(2)26(3)24-18/h6-8,13-14,19H,4-5,9-12H2,1-3H3. The van der Waals surface area contributed by atoms with Crippen molar-refractivity contribution >= 4 is 5.91 Å². The Labute approximate surface area is 175 Å². The Hall–Kier alpha value is -3.16. The SMILES string of the molecule is Cc1cccc(OCCc2noc(C3CCCCN3C(=O)c3cc(C)n(C)n3)n2)c1. The fourth-order valence-electron chi connectivity index (χ4n) is 3.71. The van der Waals surface area contributed by atoms with Gasteiger partial charge in [-0.2, -0.15) is 10.1 Å². The summed E-state index contributed by atoms with van der Waals surface area (Å²) in [5, 5.41) is 8.44. The van der Waals surface area contributed by atoms with E-state index < -0.39 is 0 Å². The molecule has 158 valence electrons. The Morgan fingerprint density at radius 1 is 1.27 bits per heavy atom. The highest BCUT2D eigenvalue weighted by atomic mass is 16.5. The van der Waals surface area contributed by atoms with E-state index in [1.165, 1.54) is 0 Å². The van der Waals surface area contributed by atoms with Gasteiger partial charge in [0.15, 0.2) is 11.5 Å². The minimum Gasteiger partial charge on any atom is -0.493 e. The largest absolute Gasteiger partial charge is 0.493 e. The summed E-state index contributed by atoms with van der Waals surface area (Å²) in [6.45, 7) is 5.08. The van der Waals surface area contributed by atoms with Crippen LogP contribution in [0.25, 0.3) is 0 Å². The molecular weight excluding hydrogens is 382 g/mol. The Kier molecular flexibility index (Phi) is 5.83. The summed E-state index contributed by atoms with van der Waals surface area (Å²) in [5.74, 6) is 1.81. The van der Waals surface area contributed by atoms with Crippen molar-refractivity contribution in [1.29, 1.82) is 0 Å². The molecule has 3 heterocycles. The molecule has 1 saturated heterocycles. The molecular formula is C22H27N5O3. The third-order valence-corrected chi connectivity index (χ3v) is 5.45. The van der Waals surface area contributed by atoms with Gasteiger partial charge >= 0.3 is 0 Å². The van der Waals surface area contributed by atoms with Crippen molar-refractivity contribution in [1.82, 2.24) is 24.8 Å². The molecule has 0 N–H and O–H groups in total. The fourth-order valence-corrected chi connectivity index (χ4v) is 3.71. The van der Waals surface area contributed by atoms with Gasteiger partial charge in [-0.05, 0) is 56.9 Å². The van der Waals surface area contributed by atoms with E-state index in [9.17, 15) is 4.79 Å². The van der Waals surface area contributed by atoms with E-state index >= 15 is 0 Å². The Morgan fingerprint density at radius 2 is 2.13 bits per heavy atom. The molecule has 1 aliphatic heterocycles. The first kappa shape index (κ1) is 20.1. The van der Waals surface area contributed by atoms with Crippen LogP contribution in [-0.2, 0) is 13.5 Å². The third kappa shape index (κ3) is 4.37. The summed E-state index contributed by atoms with van der Waals surface area (Å²) >= 11 is 0. The van der Waals surface area contributed by atoms with Crippen LogP contribution in [0.4, 0.5) is 0 Å². The predicted molar refractivity (Wildman–Crippen MR) is 110 cm³/mol. The van der Waals surface area contributed by atoms with Gasteiger partial charge in [0.1, 0.15) is 11.8 Å². The molecule has 0 aliphatic carbocycles. The summed E-state index contributed by atoms with van der Waals surface area (Å²) in [7, 11) is 1.84. The topological polar surface area (TPSA) is 86.3 Å². The predicted octanol–water partition coefficient (Wildman–Crippen LogP) is 3.41. The normalized spacial score (nSPS) is 16.6. The number of benzene rings is 1. The second-order valence-electron chi connectivity index (χ2n) is 7.77. The van der Waals surface area contributed by atoms with Gasteiger partial charge in [-0.3, -0.25) is 9.48 Å². The summed E-state index contributed by atoms with van der Waals surface area (Å²) in [5.41, 5.74) is 2.55. The lowest BCUT2D eigenvalue weighted by molar-refractivity contribution is 0.0554. The number of hydrogen-bond acceptors (Lipinski definition) is 6. The summed E-state index contributed by atoms with van der Waals surface area (Å²) in [6.07, 6.45) is 3.32. The molecule has 0 bridgehead atoms. The number of amides is 1. The van der Waals surface area contributed by atoms with Crippen LogP contribution in [0.2, 0.25) is 0 Å². The second kappa shape index (κ2) is 8.69.